The summed E-state index contributed by atoms with van der Waals surface area (Å²) in [6.45, 7) is 0.919. The highest BCUT2D eigenvalue weighted by Crippen LogP contribution is 2.20. The second-order valence-corrected chi connectivity index (χ2v) is 4.14. The van der Waals surface area contributed by atoms with E-state index in [9.17, 15) is 4.79 Å². The molecular formula is C9H12ClN5O2. The topological polar surface area (TPSA) is 104 Å². The third-order valence-electron chi connectivity index (χ3n) is 2.59. The fraction of sp³-hybridized carbons (Fsp3) is 0.444. The van der Waals surface area contributed by atoms with Crippen molar-refractivity contribution >= 4 is 29.2 Å². The highest BCUT2D eigenvalue weighted by Gasteiger charge is 2.26. The van der Waals surface area contributed by atoms with E-state index in [0.717, 1.165) is 0 Å². The first kappa shape index (κ1) is 11.7. The van der Waals surface area contributed by atoms with Gasteiger partial charge < -0.3 is 21.1 Å². The number of nitrogens with two attached hydrogens (primary N) is 1. The molecule has 7 nitrogen and oxygen atoms in total. The number of carboxylic acid groups (broad SMARTS) is 1. The quantitative estimate of drug-likeness (QED) is 0.679. The minimum absolute atomic E-state index is 0.000586. The molecule has 8 heteroatoms. The van der Waals surface area contributed by atoms with E-state index in [0.29, 0.717) is 31.0 Å². The molecule has 0 bridgehead atoms. The molecule has 0 spiro atoms. The van der Waals surface area contributed by atoms with E-state index in [1.54, 1.807) is 0 Å². The van der Waals surface area contributed by atoms with E-state index in [2.05, 4.69) is 15.3 Å². The van der Waals surface area contributed by atoms with Crippen molar-refractivity contribution in [1.82, 2.24) is 14.9 Å². The molecule has 1 atom stereocenters. The second-order valence-electron chi connectivity index (χ2n) is 3.80. The number of carbonyl (C=O) groups is 1. The van der Waals surface area contributed by atoms with Gasteiger partial charge in [0.1, 0.15) is 0 Å². The maximum atomic E-state index is 10.7. The van der Waals surface area contributed by atoms with Crippen molar-refractivity contribution in [1.29, 1.82) is 0 Å². The van der Waals surface area contributed by atoms with Crippen LogP contribution in [0.25, 0.3) is 0 Å². The van der Waals surface area contributed by atoms with E-state index in [-0.39, 0.29) is 11.3 Å². The van der Waals surface area contributed by atoms with Crippen LogP contribution in [0.5, 0.6) is 0 Å². The van der Waals surface area contributed by atoms with E-state index < -0.39 is 6.09 Å². The molecule has 92 valence electrons. The number of nitrogen functional groups attached to an aromatic ring is 1. The molecule has 1 aromatic heterocycles. The van der Waals surface area contributed by atoms with Gasteiger partial charge >= 0.3 is 6.09 Å². The van der Waals surface area contributed by atoms with Crippen molar-refractivity contribution in [3.05, 3.63) is 11.5 Å². The monoisotopic (exact) mass is 257 g/mol. The van der Waals surface area contributed by atoms with Gasteiger partial charge in [-0.3, -0.25) is 0 Å². The largest absolute Gasteiger partial charge is 0.465 e. The van der Waals surface area contributed by atoms with Crippen LogP contribution in [0.2, 0.25) is 5.28 Å². The van der Waals surface area contributed by atoms with Crippen molar-refractivity contribution in [2.24, 2.45) is 0 Å². The summed E-state index contributed by atoms with van der Waals surface area (Å²) in [5.41, 5.74) is 6.08. The molecule has 0 saturated carbocycles. The summed E-state index contributed by atoms with van der Waals surface area (Å²) in [6.07, 6.45) is 1.22. The van der Waals surface area contributed by atoms with Gasteiger partial charge in [0, 0.05) is 19.1 Å². The average Bonchev–Trinajstić information content (AvgIpc) is 2.72. The zero-order valence-corrected chi connectivity index (χ0v) is 9.68. The lowest BCUT2D eigenvalue weighted by molar-refractivity contribution is 0.155. The van der Waals surface area contributed by atoms with Gasteiger partial charge in [0.2, 0.25) is 5.28 Å². The molecule has 17 heavy (non-hydrogen) atoms. The Labute approximate surface area is 103 Å². The van der Waals surface area contributed by atoms with Gasteiger partial charge in [-0.05, 0) is 18.0 Å². The van der Waals surface area contributed by atoms with Crippen LogP contribution in [0.4, 0.5) is 16.3 Å². The lowest BCUT2D eigenvalue weighted by Gasteiger charge is -2.15. The predicted molar refractivity (Wildman–Crippen MR) is 63.1 cm³/mol. The van der Waals surface area contributed by atoms with Crippen LogP contribution in [-0.2, 0) is 0 Å². The Morgan fingerprint density at radius 2 is 2.47 bits per heavy atom. The summed E-state index contributed by atoms with van der Waals surface area (Å²) in [5.74, 6) is 0.447. The summed E-state index contributed by atoms with van der Waals surface area (Å²) in [7, 11) is 0. The summed E-state index contributed by atoms with van der Waals surface area (Å²) in [6, 6.07) is -0.000586. The van der Waals surface area contributed by atoms with Gasteiger partial charge in [-0.2, -0.15) is 4.98 Å². The highest BCUT2D eigenvalue weighted by molar-refractivity contribution is 6.28. The molecule has 0 radical (unpaired) electrons. The van der Waals surface area contributed by atoms with Crippen molar-refractivity contribution in [2.75, 3.05) is 24.1 Å². The lowest BCUT2D eigenvalue weighted by atomic mass is 10.2. The van der Waals surface area contributed by atoms with Gasteiger partial charge in [-0.15, -0.1) is 0 Å². The predicted octanol–water partition coefficient (Wildman–Crippen LogP) is 0.876. The minimum Gasteiger partial charge on any atom is -0.465 e. The van der Waals surface area contributed by atoms with Crippen molar-refractivity contribution in [2.45, 2.75) is 12.5 Å². The number of aromatic nitrogens is 2. The van der Waals surface area contributed by atoms with Gasteiger partial charge in [0.25, 0.3) is 0 Å². The number of halogens is 1. The van der Waals surface area contributed by atoms with Crippen LogP contribution in [0.1, 0.15) is 6.42 Å². The highest BCUT2D eigenvalue weighted by atomic mass is 35.5. The summed E-state index contributed by atoms with van der Waals surface area (Å²) >= 11 is 5.66. The number of hydrogen-bond donors (Lipinski definition) is 3. The van der Waals surface area contributed by atoms with Crippen molar-refractivity contribution in [3.8, 4) is 0 Å². The summed E-state index contributed by atoms with van der Waals surface area (Å²) in [4.78, 5) is 19.8. The van der Waals surface area contributed by atoms with Crippen molar-refractivity contribution < 1.29 is 9.90 Å². The van der Waals surface area contributed by atoms with Crippen LogP contribution in [0.3, 0.4) is 0 Å². The normalized spacial score (nSPS) is 19.4. The minimum atomic E-state index is -0.914. The number of hydrogen-bond acceptors (Lipinski definition) is 5. The number of likely N-dealkylation sites (tertiary alicyclic amines) is 1. The van der Waals surface area contributed by atoms with Crippen LogP contribution in [0, 0.1) is 0 Å². The number of nitrogens with one attached hydrogen (secondary N) is 1. The first-order valence-electron chi connectivity index (χ1n) is 5.08. The smallest absolute Gasteiger partial charge is 0.407 e. The third kappa shape index (κ3) is 2.68. The van der Waals surface area contributed by atoms with Crippen LogP contribution >= 0.6 is 11.6 Å². The first-order valence-corrected chi connectivity index (χ1v) is 5.46. The fourth-order valence-electron chi connectivity index (χ4n) is 1.73. The molecule has 0 aromatic carbocycles. The maximum Gasteiger partial charge on any atom is 0.407 e. The van der Waals surface area contributed by atoms with E-state index in [4.69, 9.17) is 22.4 Å². The molecule has 0 unspecified atom stereocenters. The number of rotatable bonds is 2. The second kappa shape index (κ2) is 4.62. The Morgan fingerprint density at radius 3 is 3.12 bits per heavy atom. The third-order valence-corrected chi connectivity index (χ3v) is 2.77. The maximum absolute atomic E-state index is 10.7. The Kier molecular flexibility index (Phi) is 3.19. The number of amides is 1. The molecular weight excluding hydrogens is 246 g/mol. The van der Waals surface area contributed by atoms with Crippen LogP contribution in [0.15, 0.2) is 6.20 Å². The molecule has 1 aliphatic rings. The van der Waals surface area contributed by atoms with Crippen molar-refractivity contribution in [3.63, 3.8) is 0 Å². The fourth-order valence-corrected chi connectivity index (χ4v) is 1.86. The van der Waals surface area contributed by atoms with Gasteiger partial charge in [0.05, 0.1) is 11.9 Å². The van der Waals surface area contributed by atoms with E-state index in [1.165, 1.54) is 11.1 Å². The van der Waals surface area contributed by atoms with Gasteiger partial charge in [-0.1, -0.05) is 0 Å². The summed E-state index contributed by atoms with van der Waals surface area (Å²) in [5, 5.41) is 12.0. The number of anilines is 2. The standard InChI is InChI=1S/C9H12ClN5O2/c10-8-12-3-6(11)7(14-8)13-5-1-2-15(4-5)9(16)17/h3,5H,1-2,4,11H2,(H,16,17)(H,12,13,14)/t5-/m1/s1. The summed E-state index contributed by atoms with van der Waals surface area (Å²) < 4.78 is 0. The van der Waals surface area contributed by atoms with E-state index in [1.807, 2.05) is 0 Å². The Bertz CT molecular complexity index is 441. The Morgan fingerprint density at radius 1 is 1.71 bits per heavy atom. The molecule has 1 fully saturated rings. The van der Waals surface area contributed by atoms with Crippen LogP contribution in [-0.4, -0.2) is 45.2 Å². The molecule has 1 saturated heterocycles. The molecule has 4 N–H and O–H groups in total. The molecule has 2 rings (SSSR count). The first-order chi connectivity index (χ1) is 8.06. The zero-order chi connectivity index (χ0) is 12.4. The van der Waals surface area contributed by atoms with E-state index >= 15 is 0 Å². The SMILES string of the molecule is Nc1cnc(Cl)nc1N[C@@H]1CCN(C(=O)O)C1. The number of nitrogens with zero attached hydrogens (tertiary/aromatic N) is 3. The molecule has 1 aliphatic heterocycles. The molecule has 2 heterocycles. The molecule has 1 aromatic rings. The van der Waals surface area contributed by atoms with Gasteiger partial charge in [-0.25, -0.2) is 9.78 Å². The zero-order valence-electron chi connectivity index (χ0n) is 8.93. The lowest BCUT2D eigenvalue weighted by Crippen LogP contribution is -2.30. The molecule has 1 amide bonds. The average molecular weight is 258 g/mol. The Hall–Kier alpha value is -1.76. The van der Waals surface area contributed by atoms with Gasteiger partial charge in [0.15, 0.2) is 5.82 Å². The van der Waals surface area contributed by atoms with Crippen LogP contribution < -0.4 is 11.1 Å². The Balaban J connectivity index is 2.02. The molecule has 0 aliphatic carbocycles.